The second kappa shape index (κ2) is 15.4. The molecule has 9 heteroatoms. The number of allylic oxidation sites excluding steroid dienone is 6. The van der Waals surface area contributed by atoms with Crippen LogP contribution in [0.15, 0.2) is 36.5 Å². The summed E-state index contributed by atoms with van der Waals surface area (Å²) in [4.78, 5) is 36.8. The summed E-state index contributed by atoms with van der Waals surface area (Å²) in [5.74, 6) is 6.86. The number of hydrogen-bond donors (Lipinski definition) is 0. The predicted molar refractivity (Wildman–Crippen MR) is 221 cm³/mol. The van der Waals surface area contributed by atoms with Crippen LogP contribution >= 0.6 is 0 Å². The Kier molecular flexibility index (Phi) is 10.6. The summed E-state index contributed by atoms with van der Waals surface area (Å²) in [6, 6.07) is 0. The molecule has 18 atom stereocenters. The van der Waals surface area contributed by atoms with E-state index in [9.17, 15) is 14.4 Å². The summed E-state index contributed by atoms with van der Waals surface area (Å²) in [6.45, 7) is 9.98. The van der Waals surface area contributed by atoms with Gasteiger partial charge in [-0.3, -0.25) is 0 Å². The van der Waals surface area contributed by atoms with Gasteiger partial charge in [-0.15, -0.1) is 0 Å². The molecule has 3 heterocycles. The maximum Gasteiger partial charge on any atom is 0.338 e. The van der Waals surface area contributed by atoms with Gasteiger partial charge in [-0.05, 0) is 189 Å². The molecule has 8 bridgehead atoms. The largest absolute Gasteiger partial charge is 0.458 e. The molecule has 59 heavy (non-hydrogen) atoms. The highest BCUT2D eigenvalue weighted by Crippen LogP contribution is 2.56. The molecule has 0 aromatic rings. The van der Waals surface area contributed by atoms with E-state index < -0.39 is 5.60 Å². The van der Waals surface area contributed by atoms with Crippen molar-refractivity contribution in [3.8, 4) is 0 Å². The molecular weight excluding hydrogens is 745 g/mol. The molecule has 0 amide bonds. The highest BCUT2D eigenvalue weighted by Gasteiger charge is 2.60. The van der Waals surface area contributed by atoms with Crippen molar-refractivity contribution < 1.29 is 42.8 Å². The van der Waals surface area contributed by atoms with Gasteiger partial charge in [0.15, 0.2) is 18.3 Å². The third-order valence-electron chi connectivity index (χ3n) is 17.2. The Balaban J connectivity index is 0.000000108. The molecule has 0 aromatic heterocycles. The van der Waals surface area contributed by atoms with Crippen molar-refractivity contribution in [3.63, 3.8) is 0 Å². The first-order chi connectivity index (χ1) is 28.3. The SMILES string of the molecule is CC(C)(C)OC(=O)C1OC1C1CC2C=CC1C2.CCC1(OC(=O)C2OC2C2CC3C=CC2C3)CC2CCC1C2.CCC1(OC(=O)C2OC2C2CC3C=CC2C3)CCCC1. The Morgan fingerprint density at radius 3 is 1.42 bits per heavy atom. The molecule has 18 unspecified atom stereocenters. The van der Waals surface area contributed by atoms with Crippen LogP contribution in [0, 0.1) is 65.1 Å². The lowest BCUT2D eigenvalue weighted by molar-refractivity contribution is -0.168. The number of fused-ring (bicyclic) bond motifs is 8. The molecule has 12 aliphatic rings. The van der Waals surface area contributed by atoms with Crippen LogP contribution in [0.25, 0.3) is 0 Å². The second-order valence-corrected chi connectivity index (χ2v) is 22.0. The highest BCUT2D eigenvalue weighted by atomic mass is 16.7. The van der Waals surface area contributed by atoms with Gasteiger partial charge < -0.3 is 28.4 Å². The van der Waals surface area contributed by atoms with Crippen molar-refractivity contribution >= 4 is 17.9 Å². The van der Waals surface area contributed by atoms with Crippen LogP contribution < -0.4 is 0 Å². The molecule has 3 saturated heterocycles. The van der Waals surface area contributed by atoms with Gasteiger partial charge in [-0.2, -0.15) is 0 Å². The Morgan fingerprint density at radius 2 is 1.07 bits per heavy atom. The Labute approximate surface area is 352 Å². The fourth-order valence-corrected chi connectivity index (χ4v) is 14.0. The minimum absolute atomic E-state index is 0.0637. The second-order valence-electron chi connectivity index (χ2n) is 22.0. The first-order valence-corrected chi connectivity index (χ1v) is 24.0. The van der Waals surface area contributed by atoms with Gasteiger partial charge in [0.25, 0.3) is 0 Å². The fourth-order valence-electron chi connectivity index (χ4n) is 14.0. The predicted octanol–water partition coefficient (Wildman–Crippen LogP) is 9.02. The molecular formula is C50H70O9. The van der Waals surface area contributed by atoms with Crippen LogP contribution in [0.1, 0.15) is 137 Å². The molecule has 0 N–H and O–H groups in total. The van der Waals surface area contributed by atoms with Crippen molar-refractivity contribution in [2.45, 2.75) is 191 Å². The maximum absolute atomic E-state index is 12.6. The van der Waals surface area contributed by atoms with Gasteiger partial charge >= 0.3 is 17.9 Å². The van der Waals surface area contributed by atoms with Crippen molar-refractivity contribution in [2.75, 3.05) is 0 Å². The van der Waals surface area contributed by atoms with Gasteiger partial charge in [-0.25, -0.2) is 14.4 Å². The summed E-state index contributed by atoms with van der Waals surface area (Å²) < 4.78 is 34.3. The van der Waals surface area contributed by atoms with Crippen LogP contribution in [-0.4, -0.2) is 71.3 Å². The number of rotatable bonds is 10. The molecule has 9 nitrogen and oxygen atoms in total. The Morgan fingerprint density at radius 1 is 0.593 bits per heavy atom. The lowest BCUT2D eigenvalue weighted by atomic mass is 9.82. The maximum atomic E-state index is 12.6. The van der Waals surface area contributed by atoms with E-state index in [0.717, 1.165) is 55.8 Å². The summed E-state index contributed by atoms with van der Waals surface area (Å²) in [6.07, 6.45) is 32.2. The normalized spacial score (nSPS) is 47.4. The van der Waals surface area contributed by atoms with E-state index in [-0.39, 0.29) is 65.7 Å². The van der Waals surface area contributed by atoms with E-state index in [1.165, 1.54) is 70.6 Å². The van der Waals surface area contributed by atoms with Gasteiger partial charge in [0, 0.05) is 0 Å². The number of carbonyl (C=O) groups excluding carboxylic acids is 3. The summed E-state index contributed by atoms with van der Waals surface area (Å²) in [5, 5.41) is 0. The molecule has 6 saturated carbocycles. The van der Waals surface area contributed by atoms with Crippen LogP contribution in [0.5, 0.6) is 0 Å². The first kappa shape index (κ1) is 40.6. The molecule has 0 spiro atoms. The van der Waals surface area contributed by atoms with Gasteiger partial charge in [0.1, 0.15) is 16.8 Å². The van der Waals surface area contributed by atoms with Crippen LogP contribution in [0.3, 0.4) is 0 Å². The van der Waals surface area contributed by atoms with E-state index in [1.807, 2.05) is 20.8 Å². The Hall–Kier alpha value is -2.49. The van der Waals surface area contributed by atoms with Crippen molar-refractivity contribution in [3.05, 3.63) is 36.5 Å². The smallest absolute Gasteiger partial charge is 0.338 e. The van der Waals surface area contributed by atoms with Gasteiger partial charge in [0.05, 0.1) is 18.3 Å². The third kappa shape index (κ3) is 8.05. The molecule has 12 rings (SSSR count). The van der Waals surface area contributed by atoms with Gasteiger partial charge in [-0.1, -0.05) is 50.3 Å². The number of ether oxygens (including phenoxy) is 6. The van der Waals surface area contributed by atoms with Crippen molar-refractivity contribution in [2.24, 2.45) is 65.1 Å². The minimum Gasteiger partial charge on any atom is -0.458 e. The monoisotopic (exact) mass is 815 g/mol. The van der Waals surface area contributed by atoms with E-state index >= 15 is 0 Å². The van der Waals surface area contributed by atoms with Crippen LogP contribution in [0.2, 0.25) is 0 Å². The van der Waals surface area contributed by atoms with Crippen molar-refractivity contribution in [1.82, 2.24) is 0 Å². The topological polar surface area (TPSA) is 116 Å². The quantitative estimate of drug-likeness (QED) is 0.0922. The standard InChI is InChI=1S/C19H26O3.C17H24O3.C14H20O3/c1-2-19(10-12-4-6-14(19)8-12)22-18(20)17-16(21-17)15-9-11-3-5-13(15)7-11;1-2-17(7-3-4-8-17)20-16(18)15-14(19-15)13-10-11-5-6-12(13)9-11;1-14(2,3)17-13(15)12-11(16-12)10-7-8-4-5-9(10)6-8/h3,5,11-17H,2,4,6-10H2,1H3;5-6,11-15H,2-4,7-10H2,1H3;4-5,8-12H,6-7H2,1-3H3. The van der Waals surface area contributed by atoms with Gasteiger partial charge in [0.2, 0.25) is 0 Å². The fraction of sp³-hybridized carbons (Fsp3) is 0.820. The van der Waals surface area contributed by atoms with Crippen LogP contribution in [0.4, 0.5) is 0 Å². The molecule has 9 fully saturated rings. The highest BCUT2D eigenvalue weighted by molar-refractivity contribution is 5.79. The molecule has 9 aliphatic carbocycles. The van der Waals surface area contributed by atoms with Crippen molar-refractivity contribution in [1.29, 1.82) is 0 Å². The molecule has 0 radical (unpaired) electrons. The number of carbonyl (C=O) groups is 3. The minimum atomic E-state index is -0.415. The van der Waals surface area contributed by atoms with E-state index in [0.29, 0.717) is 41.4 Å². The Bertz CT molecular complexity index is 1720. The average molecular weight is 815 g/mol. The summed E-state index contributed by atoms with van der Waals surface area (Å²) in [7, 11) is 0. The third-order valence-corrected chi connectivity index (χ3v) is 17.2. The zero-order chi connectivity index (χ0) is 40.8. The number of hydrogen-bond acceptors (Lipinski definition) is 9. The summed E-state index contributed by atoms with van der Waals surface area (Å²) >= 11 is 0. The summed E-state index contributed by atoms with van der Waals surface area (Å²) in [5.41, 5.74) is -0.755. The number of esters is 3. The van der Waals surface area contributed by atoms with Crippen LogP contribution in [-0.2, 0) is 42.8 Å². The molecule has 0 aromatic carbocycles. The average Bonchev–Trinajstić information content (AvgIpc) is 3.74. The van der Waals surface area contributed by atoms with E-state index in [4.69, 9.17) is 28.4 Å². The lowest BCUT2D eigenvalue weighted by Crippen LogP contribution is -2.41. The first-order valence-electron chi connectivity index (χ1n) is 24.0. The molecule has 3 aliphatic heterocycles. The lowest BCUT2D eigenvalue weighted by Gasteiger charge is -2.36. The van der Waals surface area contributed by atoms with E-state index in [1.54, 1.807) is 0 Å². The zero-order valence-electron chi connectivity index (χ0n) is 36.3. The number of epoxide rings is 3. The zero-order valence-corrected chi connectivity index (χ0v) is 36.3. The van der Waals surface area contributed by atoms with E-state index in [2.05, 4.69) is 50.3 Å². The molecule has 324 valence electrons.